The predicted octanol–water partition coefficient (Wildman–Crippen LogP) is 5.14. The Morgan fingerprint density at radius 3 is 2.69 bits per heavy atom. The molecule has 10 nitrogen and oxygen atoms in total. The van der Waals surface area contributed by atoms with Crippen LogP contribution in [0.1, 0.15) is 92.0 Å². The van der Waals surface area contributed by atoms with E-state index in [1.54, 1.807) is 11.3 Å². The minimum atomic E-state index is -0.373. The highest BCUT2D eigenvalue weighted by atomic mass is 32.1. The van der Waals surface area contributed by atoms with Gasteiger partial charge in [0.25, 0.3) is 0 Å². The van der Waals surface area contributed by atoms with Gasteiger partial charge in [0.1, 0.15) is 23.0 Å². The Morgan fingerprint density at radius 1 is 1.09 bits per heavy atom. The average Bonchev–Trinajstić information content (AvgIpc) is 3.87. The van der Waals surface area contributed by atoms with Crippen molar-refractivity contribution in [3.8, 4) is 23.5 Å². The number of rotatable bonds is 6. The molecule has 1 spiro atoms. The second kappa shape index (κ2) is 11.6. The maximum Gasteiger partial charge on any atom is 0.219 e. The summed E-state index contributed by atoms with van der Waals surface area (Å²) >= 11 is 1.57. The number of likely N-dealkylation sites (N-methyl/N-ethyl adjacent to an activating group) is 1. The third-order valence-electron chi connectivity index (χ3n) is 11.3. The lowest BCUT2D eigenvalue weighted by molar-refractivity contribution is 0.117. The van der Waals surface area contributed by atoms with Crippen LogP contribution in [0.4, 0.5) is 10.8 Å². The van der Waals surface area contributed by atoms with Crippen LogP contribution in [0.2, 0.25) is 0 Å². The molecule has 0 radical (unpaired) electrons. The number of hydrogen-bond donors (Lipinski definition) is 1. The van der Waals surface area contributed by atoms with Crippen LogP contribution < -0.4 is 15.4 Å². The number of aryl methyl sites for hydroxylation is 1. The third-order valence-corrected chi connectivity index (χ3v) is 12.4. The van der Waals surface area contributed by atoms with Crippen molar-refractivity contribution in [1.29, 1.82) is 5.26 Å². The standard InChI is InChI=1S/C34H44N8O2S/c1-21(25-9-7-14-40(25)2)43-28-18-27(42-17-11-22(20-42)41-15-3-4-16-41)37-33(38-28)30-23-8-5-12-34(31(23)44-39-30)13-6-10-26-29(34)24(19-35)32(36)45-26/h18,21-22,25H,3-17,20,36H2,1-2H3/t21-,22-,25-,34-/m0/s1. The molecule has 3 aromatic heterocycles. The van der Waals surface area contributed by atoms with Crippen molar-refractivity contribution < 1.29 is 9.26 Å². The topological polar surface area (TPSA) is 121 Å². The zero-order chi connectivity index (χ0) is 30.7. The molecule has 2 aliphatic carbocycles. The molecule has 11 heteroatoms. The van der Waals surface area contributed by atoms with Gasteiger partial charge in [-0.1, -0.05) is 5.16 Å². The van der Waals surface area contributed by atoms with Crippen molar-refractivity contribution in [2.75, 3.05) is 50.4 Å². The molecule has 3 saturated heterocycles. The molecule has 0 unspecified atom stereocenters. The number of nitrogens with zero attached hydrogens (tertiary/aromatic N) is 7. The minimum Gasteiger partial charge on any atom is -0.473 e. The van der Waals surface area contributed by atoms with E-state index in [4.69, 9.17) is 30.1 Å². The van der Waals surface area contributed by atoms with E-state index in [1.807, 2.05) is 6.07 Å². The molecule has 5 aliphatic rings. The third kappa shape index (κ3) is 4.91. The summed E-state index contributed by atoms with van der Waals surface area (Å²) < 4.78 is 13.0. The highest BCUT2D eigenvalue weighted by Crippen LogP contribution is 2.55. The van der Waals surface area contributed by atoms with Crippen LogP contribution in [-0.2, 0) is 18.3 Å². The van der Waals surface area contributed by atoms with Gasteiger partial charge < -0.3 is 19.9 Å². The minimum absolute atomic E-state index is 0.00707. The summed E-state index contributed by atoms with van der Waals surface area (Å²) in [7, 11) is 2.18. The molecule has 0 saturated carbocycles. The lowest BCUT2D eigenvalue weighted by Crippen LogP contribution is -2.38. The summed E-state index contributed by atoms with van der Waals surface area (Å²) in [4.78, 5) is 18.9. The fourth-order valence-electron chi connectivity index (χ4n) is 9.11. The van der Waals surface area contributed by atoms with Gasteiger partial charge in [0.15, 0.2) is 17.3 Å². The first-order valence-electron chi connectivity index (χ1n) is 17.0. The number of nitriles is 1. The van der Waals surface area contributed by atoms with Crippen LogP contribution in [-0.4, -0.2) is 82.9 Å². The highest BCUT2D eigenvalue weighted by Gasteiger charge is 2.49. The van der Waals surface area contributed by atoms with Crippen molar-refractivity contribution in [2.45, 2.75) is 101 Å². The number of likely N-dealkylation sites (tertiary alicyclic amines) is 2. The monoisotopic (exact) mass is 628 g/mol. The smallest absolute Gasteiger partial charge is 0.219 e. The van der Waals surface area contributed by atoms with Gasteiger partial charge in [-0.15, -0.1) is 11.3 Å². The Morgan fingerprint density at radius 2 is 1.91 bits per heavy atom. The Labute approximate surface area is 269 Å². The van der Waals surface area contributed by atoms with Crippen molar-refractivity contribution in [3.63, 3.8) is 0 Å². The first kappa shape index (κ1) is 29.2. The van der Waals surface area contributed by atoms with Gasteiger partial charge in [-0.3, -0.25) is 9.80 Å². The van der Waals surface area contributed by atoms with Crippen LogP contribution >= 0.6 is 11.3 Å². The summed E-state index contributed by atoms with van der Waals surface area (Å²) in [5.41, 5.74) is 9.51. The van der Waals surface area contributed by atoms with Crippen LogP contribution in [0.3, 0.4) is 0 Å². The van der Waals surface area contributed by atoms with Gasteiger partial charge in [0.2, 0.25) is 5.88 Å². The number of thiophene rings is 1. The molecule has 3 fully saturated rings. The van der Waals surface area contributed by atoms with E-state index in [2.05, 4.69) is 34.7 Å². The molecule has 0 amide bonds. The van der Waals surface area contributed by atoms with Crippen molar-refractivity contribution in [1.82, 2.24) is 24.9 Å². The number of nitrogens with two attached hydrogens (primary N) is 1. The van der Waals surface area contributed by atoms with E-state index in [0.29, 0.717) is 40.0 Å². The molecule has 8 rings (SSSR count). The molecule has 238 valence electrons. The lowest BCUT2D eigenvalue weighted by atomic mass is 9.63. The molecule has 0 bridgehead atoms. The molecule has 3 aliphatic heterocycles. The summed E-state index contributed by atoms with van der Waals surface area (Å²) in [5.74, 6) is 2.96. The van der Waals surface area contributed by atoms with Gasteiger partial charge in [-0.25, -0.2) is 4.98 Å². The fraction of sp³-hybridized carbons (Fsp3) is 0.647. The largest absolute Gasteiger partial charge is 0.473 e. The van der Waals surface area contributed by atoms with Gasteiger partial charge in [0, 0.05) is 41.7 Å². The molecular weight excluding hydrogens is 584 g/mol. The Hall–Kier alpha value is -3.20. The van der Waals surface area contributed by atoms with Gasteiger partial charge in [0.05, 0.1) is 11.0 Å². The molecule has 2 N–H and O–H groups in total. The number of aromatic nitrogens is 3. The molecule has 45 heavy (non-hydrogen) atoms. The van der Waals surface area contributed by atoms with Crippen molar-refractivity contribution >= 4 is 22.2 Å². The van der Waals surface area contributed by atoms with Gasteiger partial charge in [-0.05, 0) is 110 Å². The highest BCUT2D eigenvalue weighted by molar-refractivity contribution is 7.16. The predicted molar refractivity (Wildman–Crippen MR) is 175 cm³/mol. The van der Waals surface area contributed by atoms with Gasteiger partial charge in [-0.2, -0.15) is 10.2 Å². The zero-order valence-electron chi connectivity index (χ0n) is 26.6. The van der Waals surface area contributed by atoms with E-state index < -0.39 is 0 Å². The molecule has 4 atom stereocenters. The molecular formula is C34H44N8O2S. The molecule has 6 heterocycles. The van der Waals surface area contributed by atoms with E-state index in [0.717, 1.165) is 93.7 Å². The van der Waals surface area contributed by atoms with E-state index in [9.17, 15) is 5.26 Å². The molecule has 3 aromatic rings. The van der Waals surface area contributed by atoms with Crippen LogP contribution in [0, 0.1) is 11.3 Å². The summed E-state index contributed by atoms with van der Waals surface area (Å²) in [6, 6.07) is 5.40. The Balaban J connectivity index is 1.18. The number of anilines is 2. The summed E-state index contributed by atoms with van der Waals surface area (Å²) in [5, 5.41) is 15.4. The SMILES string of the molecule is C[C@H](Oc1cc(N2CC[C@H](N3CCCC3)C2)nc(-c2noc3c2CCC[C@@]32CCCc3sc(N)c(C#N)c32)n1)[C@@H]1CCCN1C. The first-order chi connectivity index (χ1) is 21.9. The second-order valence-electron chi connectivity index (χ2n) is 13.9. The number of nitrogen functional groups attached to an aromatic ring is 1. The van der Waals surface area contributed by atoms with Gasteiger partial charge >= 0.3 is 0 Å². The Kier molecular flexibility index (Phi) is 7.50. The van der Waals surface area contributed by atoms with Crippen molar-refractivity contribution in [2.24, 2.45) is 0 Å². The number of ether oxygens (including phenoxy) is 1. The van der Waals surface area contributed by atoms with Crippen LogP contribution in [0.5, 0.6) is 5.88 Å². The maximum absolute atomic E-state index is 10.1. The maximum atomic E-state index is 10.1. The number of fused-ring (bicyclic) bond motifs is 4. The fourth-order valence-corrected chi connectivity index (χ4v) is 10.3. The van der Waals surface area contributed by atoms with E-state index in [1.165, 1.54) is 37.2 Å². The average molecular weight is 629 g/mol. The quantitative estimate of drug-likeness (QED) is 0.393. The van der Waals surface area contributed by atoms with Crippen molar-refractivity contribution in [3.05, 3.63) is 33.4 Å². The normalized spacial score (nSPS) is 27.5. The van der Waals surface area contributed by atoms with Crippen LogP contribution in [0.25, 0.3) is 11.5 Å². The van der Waals surface area contributed by atoms with E-state index >= 15 is 0 Å². The molecule has 0 aromatic carbocycles. The Bertz CT molecular complexity index is 1620. The first-order valence-corrected chi connectivity index (χ1v) is 17.8. The second-order valence-corrected chi connectivity index (χ2v) is 15.0. The summed E-state index contributed by atoms with van der Waals surface area (Å²) in [6.45, 7) is 7.60. The summed E-state index contributed by atoms with van der Waals surface area (Å²) in [6.07, 6.45) is 11.8. The van der Waals surface area contributed by atoms with E-state index in [-0.39, 0.29) is 11.5 Å². The lowest BCUT2D eigenvalue weighted by Gasteiger charge is -2.39. The number of hydrogen-bond acceptors (Lipinski definition) is 11. The van der Waals surface area contributed by atoms with Crippen LogP contribution in [0.15, 0.2) is 10.6 Å². The zero-order valence-corrected chi connectivity index (χ0v) is 27.4.